The molecule has 4 rings (SSSR count). The number of anilines is 1. The number of fused-ring (bicyclic) bond motifs is 1. The Bertz CT molecular complexity index is 1160. The highest BCUT2D eigenvalue weighted by molar-refractivity contribution is 7.92. The normalized spacial score (nSPS) is 12.6. The van der Waals surface area contributed by atoms with Gasteiger partial charge < -0.3 is 19.3 Å². The highest BCUT2D eigenvalue weighted by atomic mass is 32.2. The number of hydrogen-bond acceptors (Lipinski definition) is 8. The van der Waals surface area contributed by atoms with Crippen LogP contribution in [0, 0.1) is 0 Å². The number of ether oxygens (including phenoxy) is 2. The number of carbonyl (C=O) groups is 1. The van der Waals surface area contributed by atoms with Gasteiger partial charge in [-0.2, -0.15) is 4.98 Å². The van der Waals surface area contributed by atoms with Gasteiger partial charge in [0.2, 0.25) is 34.4 Å². The lowest BCUT2D eigenvalue weighted by molar-refractivity contribution is -0.119. The Morgan fingerprint density at radius 3 is 2.67 bits per heavy atom. The molecular formula is C19H18N4O6S. The molecule has 1 aliphatic heterocycles. The first-order valence-electron chi connectivity index (χ1n) is 8.92. The van der Waals surface area contributed by atoms with Crippen molar-refractivity contribution in [3.63, 3.8) is 0 Å². The minimum atomic E-state index is -3.72. The molecule has 0 saturated heterocycles. The van der Waals surface area contributed by atoms with E-state index in [4.69, 9.17) is 14.0 Å². The Balaban J connectivity index is 1.42. The lowest BCUT2D eigenvalue weighted by atomic mass is 10.2. The molecule has 0 atom stereocenters. The number of benzene rings is 2. The third kappa shape index (κ3) is 4.35. The smallest absolute Gasteiger partial charge is 0.246 e. The van der Waals surface area contributed by atoms with Gasteiger partial charge in [-0.15, -0.1) is 0 Å². The average molecular weight is 430 g/mol. The molecule has 0 unspecified atom stereocenters. The van der Waals surface area contributed by atoms with Gasteiger partial charge in [0, 0.05) is 11.6 Å². The fourth-order valence-electron chi connectivity index (χ4n) is 2.83. The molecule has 3 aromatic rings. The van der Waals surface area contributed by atoms with Crippen LogP contribution in [0.3, 0.4) is 0 Å². The summed E-state index contributed by atoms with van der Waals surface area (Å²) < 4.78 is 41.1. The SMILES string of the molecule is CS(=O)(=O)N(CC(=O)NCc1nc(-c2ccccc2)no1)c1ccc2c(c1)OCO2. The number of aromatic nitrogens is 2. The summed E-state index contributed by atoms with van der Waals surface area (Å²) in [5, 5.41) is 6.47. The average Bonchev–Trinajstić information content (AvgIpc) is 3.39. The highest BCUT2D eigenvalue weighted by Crippen LogP contribution is 2.36. The van der Waals surface area contributed by atoms with Gasteiger partial charge in [0.25, 0.3) is 0 Å². The summed E-state index contributed by atoms with van der Waals surface area (Å²) in [7, 11) is -3.72. The summed E-state index contributed by atoms with van der Waals surface area (Å²) in [6.07, 6.45) is 1.02. The fraction of sp³-hybridized carbons (Fsp3) is 0.211. The summed E-state index contributed by atoms with van der Waals surface area (Å²) in [5.41, 5.74) is 1.07. The van der Waals surface area contributed by atoms with Gasteiger partial charge in [-0.25, -0.2) is 8.42 Å². The third-order valence-corrected chi connectivity index (χ3v) is 5.41. The van der Waals surface area contributed by atoms with Gasteiger partial charge in [0.1, 0.15) is 6.54 Å². The van der Waals surface area contributed by atoms with E-state index in [0.29, 0.717) is 23.0 Å². The molecule has 1 aromatic heterocycles. The number of sulfonamides is 1. The summed E-state index contributed by atoms with van der Waals surface area (Å²) in [6, 6.07) is 13.9. The third-order valence-electron chi connectivity index (χ3n) is 4.27. The molecule has 2 aromatic carbocycles. The Labute approximate surface area is 172 Å². The molecule has 0 fully saturated rings. The minimum Gasteiger partial charge on any atom is -0.454 e. The first-order chi connectivity index (χ1) is 14.4. The molecule has 0 spiro atoms. The van der Waals surface area contributed by atoms with Gasteiger partial charge in [-0.1, -0.05) is 35.5 Å². The second-order valence-corrected chi connectivity index (χ2v) is 8.37. The van der Waals surface area contributed by atoms with Crippen LogP contribution in [0.25, 0.3) is 11.4 Å². The maximum atomic E-state index is 12.4. The van der Waals surface area contributed by atoms with Gasteiger partial charge in [0.05, 0.1) is 18.5 Å². The molecule has 0 saturated carbocycles. The Hall–Kier alpha value is -3.60. The number of nitrogens with one attached hydrogen (secondary N) is 1. The van der Waals surface area contributed by atoms with Crippen LogP contribution in [-0.4, -0.2) is 44.1 Å². The molecule has 1 amide bonds. The zero-order chi connectivity index (χ0) is 21.1. The molecule has 0 radical (unpaired) electrons. The zero-order valence-electron chi connectivity index (χ0n) is 15.9. The summed E-state index contributed by atoms with van der Waals surface area (Å²) in [6.45, 7) is -0.386. The number of amides is 1. The highest BCUT2D eigenvalue weighted by Gasteiger charge is 2.24. The van der Waals surface area contributed by atoms with Crippen LogP contribution < -0.4 is 19.1 Å². The van der Waals surface area contributed by atoms with Crippen LogP contribution in [0.2, 0.25) is 0 Å². The van der Waals surface area contributed by atoms with E-state index in [1.54, 1.807) is 12.1 Å². The molecule has 10 nitrogen and oxygen atoms in total. The van der Waals surface area contributed by atoms with Crippen molar-refractivity contribution in [2.75, 3.05) is 23.9 Å². The van der Waals surface area contributed by atoms with Crippen LogP contribution in [-0.2, 0) is 21.4 Å². The molecular weight excluding hydrogens is 412 g/mol. The van der Waals surface area contributed by atoms with Crippen LogP contribution >= 0.6 is 0 Å². The van der Waals surface area contributed by atoms with Crippen molar-refractivity contribution in [1.82, 2.24) is 15.5 Å². The van der Waals surface area contributed by atoms with E-state index < -0.39 is 22.5 Å². The second kappa shape index (κ2) is 8.03. The molecule has 2 heterocycles. The summed E-state index contributed by atoms with van der Waals surface area (Å²) in [5.74, 6) is 1.01. The predicted molar refractivity (Wildman–Crippen MR) is 106 cm³/mol. The van der Waals surface area contributed by atoms with Gasteiger partial charge >= 0.3 is 0 Å². The largest absolute Gasteiger partial charge is 0.454 e. The lowest BCUT2D eigenvalue weighted by Crippen LogP contribution is -2.40. The maximum absolute atomic E-state index is 12.4. The molecule has 0 bridgehead atoms. The van der Waals surface area contributed by atoms with E-state index in [1.807, 2.05) is 30.3 Å². The number of hydrogen-bond donors (Lipinski definition) is 1. The van der Waals surface area contributed by atoms with Crippen molar-refractivity contribution in [3.8, 4) is 22.9 Å². The monoisotopic (exact) mass is 430 g/mol. The number of rotatable bonds is 7. The van der Waals surface area contributed by atoms with Crippen LogP contribution in [0.4, 0.5) is 5.69 Å². The minimum absolute atomic E-state index is 0.0303. The van der Waals surface area contributed by atoms with Gasteiger partial charge in [-0.3, -0.25) is 9.10 Å². The van der Waals surface area contributed by atoms with E-state index in [-0.39, 0.29) is 19.2 Å². The number of carbonyl (C=O) groups excluding carboxylic acids is 1. The van der Waals surface area contributed by atoms with Crippen molar-refractivity contribution in [2.45, 2.75) is 6.54 Å². The first kappa shape index (κ1) is 19.7. The molecule has 156 valence electrons. The van der Waals surface area contributed by atoms with Gasteiger partial charge in [0.15, 0.2) is 11.5 Å². The Morgan fingerprint density at radius 2 is 1.90 bits per heavy atom. The van der Waals surface area contributed by atoms with Crippen molar-refractivity contribution in [1.29, 1.82) is 0 Å². The van der Waals surface area contributed by atoms with Crippen molar-refractivity contribution in [3.05, 3.63) is 54.4 Å². The van der Waals surface area contributed by atoms with E-state index in [0.717, 1.165) is 16.1 Å². The maximum Gasteiger partial charge on any atom is 0.246 e. The molecule has 1 aliphatic rings. The van der Waals surface area contributed by atoms with Crippen molar-refractivity contribution < 1.29 is 27.2 Å². The fourth-order valence-corrected chi connectivity index (χ4v) is 3.68. The first-order valence-corrected chi connectivity index (χ1v) is 10.8. The van der Waals surface area contributed by atoms with E-state index >= 15 is 0 Å². The van der Waals surface area contributed by atoms with Crippen molar-refractivity contribution >= 4 is 21.6 Å². The second-order valence-electron chi connectivity index (χ2n) is 6.46. The predicted octanol–water partition coefficient (Wildman–Crippen LogP) is 1.55. The Kier molecular flexibility index (Phi) is 5.27. The molecule has 0 aliphatic carbocycles. The summed E-state index contributed by atoms with van der Waals surface area (Å²) in [4.78, 5) is 16.6. The van der Waals surface area contributed by atoms with Crippen LogP contribution in [0.15, 0.2) is 53.1 Å². The van der Waals surface area contributed by atoms with Crippen molar-refractivity contribution in [2.24, 2.45) is 0 Å². The molecule has 30 heavy (non-hydrogen) atoms. The van der Waals surface area contributed by atoms with Gasteiger partial charge in [-0.05, 0) is 12.1 Å². The van der Waals surface area contributed by atoms with Crippen LogP contribution in [0.1, 0.15) is 5.89 Å². The standard InChI is InChI=1S/C19H18N4O6S/c1-30(25,26)23(14-7-8-15-16(9-14)28-12-27-15)11-17(24)20-10-18-21-19(22-29-18)13-5-3-2-4-6-13/h2-9H,10-12H2,1H3,(H,20,24). The summed E-state index contributed by atoms with van der Waals surface area (Å²) >= 11 is 0. The van der Waals surface area contributed by atoms with E-state index in [1.165, 1.54) is 6.07 Å². The molecule has 1 N–H and O–H groups in total. The quantitative estimate of drug-likeness (QED) is 0.599. The number of nitrogens with zero attached hydrogens (tertiary/aromatic N) is 3. The van der Waals surface area contributed by atoms with E-state index in [2.05, 4.69) is 15.5 Å². The molecule has 11 heteroatoms. The Morgan fingerprint density at radius 1 is 1.13 bits per heavy atom. The lowest BCUT2D eigenvalue weighted by Gasteiger charge is -2.21. The topological polar surface area (TPSA) is 124 Å². The van der Waals surface area contributed by atoms with Crippen LogP contribution in [0.5, 0.6) is 11.5 Å². The zero-order valence-corrected chi connectivity index (χ0v) is 16.8. The van der Waals surface area contributed by atoms with E-state index in [9.17, 15) is 13.2 Å².